The zero-order valence-corrected chi connectivity index (χ0v) is 10.6. The highest BCUT2D eigenvalue weighted by Gasteiger charge is 2.18. The van der Waals surface area contributed by atoms with Gasteiger partial charge in [-0.2, -0.15) is 12.6 Å². The van der Waals surface area contributed by atoms with Crippen molar-refractivity contribution in [2.45, 2.75) is 5.25 Å². The Kier molecular flexibility index (Phi) is 3.89. The normalized spacial score (nSPS) is 11.8. The van der Waals surface area contributed by atoms with Crippen LogP contribution in [0.3, 0.4) is 0 Å². The summed E-state index contributed by atoms with van der Waals surface area (Å²) in [6.45, 7) is 0. The molecule has 0 aromatic heterocycles. The molecule has 0 aliphatic rings. The number of hydrogen-bond donors (Lipinski definition) is 3. The molecule has 0 aliphatic carbocycles. The van der Waals surface area contributed by atoms with E-state index in [0.29, 0.717) is 11.3 Å². The first-order chi connectivity index (χ1) is 8.68. The van der Waals surface area contributed by atoms with Crippen molar-refractivity contribution < 1.29 is 4.79 Å². The molecule has 0 radical (unpaired) electrons. The van der Waals surface area contributed by atoms with E-state index in [1.807, 2.05) is 42.5 Å². The van der Waals surface area contributed by atoms with Gasteiger partial charge in [-0.25, -0.2) is 0 Å². The van der Waals surface area contributed by atoms with Gasteiger partial charge in [0.2, 0.25) is 5.91 Å². The van der Waals surface area contributed by atoms with Crippen LogP contribution >= 0.6 is 12.6 Å². The van der Waals surface area contributed by atoms with Gasteiger partial charge >= 0.3 is 0 Å². The first-order valence-corrected chi connectivity index (χ1v) is 6.08. The molecule has 92 valence electrons. The van der Waals surface area contributed by atoms with Crippen LogP contribution in [0.4, 0.5) is 11.4 Å². The number of nitrogen functional groups attached to an aromatic ring is 1. The van der Waals surface area contributed by atoms with E-state index >= 15 is 0 Å². The van der Waals surface area contributed by atoms with Crippen molar-refractivity contribution in [1.29, 1.82) is 0 Å². The molecule has 0 bridgehead atoms. The van der Waals surface area contributed by atoms with Crippen molar-refractivity contribution in [3.8, 4) is 0 Å². The number of carbonyl (C=O) groups excluding carboxylic acids is 1. The van der Waals surface area contributed by atoms with Gasteiger partial charge in [-0.1, -0.05) is 36.4 Å². The lowest BCUT2D eigenvalue weighted by Crippen LogP contribution is -2.18. The Morgan fingerprint density at radius 2 is 1.67 bits per heavy atom. The average Bonchev–Trinajstić information content (AvgIpc) is 2.39. The Bertz CT molecular complexity index is 543. The van der Waals surface area contributed by atoms with Crippen LogP contribution in [-0.4, -0.2) is 5.91 Å². The molecular weight excluding hydrogens is 244 g/mol. The Hall–Kier alpha value is -1.94. The van der Waals surface area contributed by atoms with E-state index in [1.165, 1.54) is 0 Å². The highest BCUT2D eigenvalue weighted by Crippen LogP contribution is 2.26. The van der Waals surface area contributed by atoms with Crippen LogP contribution in [0.2, 0.25) is 0 Å². The van der Waals surface area contributed by atoms with Crippen molar-refractivity contribution in [3.63, 3.8) is 0 Å². The number of para-hydroxylation sites is 2. The van der Waals surface area contributed by atoms with Crippen LogP contribution in [0.5, 0.6) is 0 Å². The molecule has 1 atom stereocenters. The lowest BCUT2D eigenvalue weighted by Gasteiger charge is -2.13. The summed E-state index contributed by atoms with van der Waals surface area (Å²) in [5.41, 5.74) is 7.86. The predicted octanol–water partition coefficient (Wildman–Crippen LogP) is 2.88. The second-order valence-electron chi connectivity index (χ2n) is 3.89. The minimum atomic E-state index is -0.577. The quantitative estimate of drug-likeness (QED) is 0.585. The largest absolute Gasteiger partial charge is 0.398 e. The first kappa shape index (κ1) is 12.5. The van der Waals surface area contributed by atoms with Gasteiger partial charge in [-0.3, -0.25) is 4.79 Å². The third-order valence-corrected chi connectivity index (χ3v) is 3.09. The molecule has 0 heterocycles. The molecule has 3 N–H and O–H groups in total. The van der Waals surface area contributed by atoms with E-state index < -0.39 is 5.25 Å². The van der Waals surface area contributed by atoms with Crippen LogP contribution in [0.25, 0.3) is 0 Å². The number of rotatable bonds is 3. The Morgan fingerprint density at radius 3 is 2.33 bits per heavy atom. The summed E-state index contributed by atoms with van der Waals surface area (Å²) in [5, 5.41) is 2.22. The molecule has 2 aromatic carbocycles. The highest BCUT2D eigenvalue weighted by molar-refractivity contribution is 7.81. The lowest BCUT2D eigenvalue weighted by atomic mass is 10.1. The number of nitrogens with two attached hydrogens (primary N) is 1. The Morgan fingerprint density at radius 1 is 1.06 bits per heavy atom. The zero-order valence-electron chi connectivity index (χ0n) is 9.71. The number of anilines is 2. The maximum Gasteiger partial charge on any atom is 0.241 e. The lowest BCUT2D eigenvalue weighted by molar-refractivity contribution is -0.115. The van der Waals surface area contributed by atoms with Gasteiger partial charge in [0.05, 0.1) is 0 Å². The number of nitrogens with one attached hydrogen (secondary N) is 1. The van der Waals surface area contributed by atoms with Crippen LogP contribution in [0.1, 0.15) is 10.8 Å². The number of carbonyl (C=O) groups is 1. The summed E-state index contributed by atoms with van der Waals surface area (Å²) >= 11 is 4.32. The summed E-state index contributed by atoms with van der Waals surface area (Å²) < 4.78 is 0. The van der Waals surface area contributed by atoms with Crippen LogP contribution in [0, 0.1) is 0 Å². The summed E-state index contributed by atoms with van der Waals surface area (Å²) in [7, 11) is 0. The third kappa shape index (κ3) is 2.84. The van der Waals surface area contributed by atoms with Gasteiger partial charge in [-0.15, -0.1) is 0 Å². The van der Waals surface area contributed by atoms with Crippen molar-refractivity contribution in [2.24, 2.45) is 0 Å². The molecule has 4 heteroatoms. The summed E-state index contributed by atoms with van der Waals surface area (Å²) in [6.07, 6.45) is 0. The van der Waals surface area contributed by atoms with Crippen molar-refractivity contribution in [2.75, 3.05) is 11.1 Å². The van der Waals surface area contributed by atoms with E-state index in [-0.39, 0.29) is 5.91 Å². The van der Waals surface area contributed by atoms with Gasteiger partial charge < -0.3 is 11.1 Å². The molecule has 0 saturated carbocycles. The van der Waals surface area contributed by atoms with Crippen LogP contribution < -0.4 is 11.1 Å². The van der Waals surface area contributed by atoms with Gasteiger partial charge in [0, 0.05) is 11.4 Å². The second kappa shape index (κ2) is 5.60. The number of amides is 1. The molecule has 2 rings (SSSR count). The highest BCUT2D eigenvalue weighted by atomic mass is 32.1. The maximum atomic E-state index is 12.0. The van der Waals surface area contributed by atoms with E-state index in [0.717, 1.165) is 5.69 Å². The van der Waals surface area contributed by atoms with Gasteiger partial charge in [-0.05, 0) is 23.8 Å². The Labute approximate surface area is 111 Å². The van der Waals surface area contributed by atoms with Crippen LogP contribution in [0.15, 0.2) is 54.6 Å². The summed E-state index contributed by atoms with van der Waals surface area (Å²) in [5.74, 6) is -0.192. The number of hydrogen-bond acceptors (Lipinski definition) is 3. The minimum Gasteiger partial charge on any atom is -0.398 e. The minimum absolute atomic E-state index is 0.192. The summed E-state index contributed by atoms with van der Waals surface area (Å²) in [6, 6.07) is 16.5. The third-order valence-electron chi connectivity index (χ3n) is 2.58. The van der Waals surface area contributed by atoms with E-state index in [4.69, 9.17) is 5.73 Å². The molecule has 18 heavy (non-hydrogen) atoms. The molecule has 0 aliphatic heterocycles. The number of thiol groups is 1. The van der Waals surface area contributed by atoms with E-state index in [2.05, 4.69) is 17.9 Å². The number of benzene rings is 2. The predicted molar refractivity (Wildman–Crippen MR) is 77.7 cm³/mol. The molecule has 0 spiro atoms. The summed E-state index contributed by atoms with van der Waals surface area (Å²) in [4.78, 5) is 12.0. The van der Waals surface area contributed by atoms with Crippen LogP contribution in [-0.2, 0) is 4.79 Å². The van der Waals surface area contributed by atoms with Gasteiger partial charge in [0.15, 0.2) is 0 Å². The maximum absolute atomic E-state index is 12.0. The van der Waals surface area contributed by atoms with Crippen molar-refractivity contribution in [1.82, 2.24) is 0 Å². The fraction of sp³-hybridized carbons (Fsp3) is 0.0714. The molecular formula is C14H14N2OS. The molecule has 1 amide bonds. The molecule has 0 fully saturated rings. The zero-order chi connectivity index (χ0) is 13.0. The van der Waals surface area contributed by atoms with Crippen molar-refractivity contribution >= 4 is 29.9 Å². The van der Waals surface area contributed by atoms with Gasteiger partial charge in [0.25, 0.3) is 0 Å². The molecule has 2 aromatic rings. The van der Waals surface area contributed by atoms with E-state index in [9.17, 15) is 4.79 Å². The first-order valence-electron chi connectivity index (χ1n) is 5.57. The standard InChI is InChI=1S/C14H14N2OS/c15-12-9-5-4-8-11(12)13(18)14(17)16-10-6-2-1-3-7-10/h1-9,13,18H,15H2,(H,16,17). The smallest absolute Gasteiger partial charge is 0.241 e. The molecule has 0 saturated heterocycles. The topological polar surface area (TPSA) is 55.1 Å². The van der Waals surface area contributed by atoms with E-state index in [1.54, 1.807) is 12.1 Å². The van der Waals surface area contributed by atoms with Crippen molar-refractivity contribution in [3.05, 3.63) is 60.2 Å². The average molecular weight is 258 g/mol. The second-order valence-corrected chi connectivity index (χ2v) is 4.40. The SMILES string of the molecule is Nc1ccccc1C(S)C(=O)Nc1ccccc1. The Balaban J connectivity index is 2.13. The molecule has 1 unspecified atom stereocenters. The fourth-order valence-corrected chi connectivity index (χ4v) is 1.93. The molecule has 3 nitrogen and oxygen atoms in total. The van der Waals surface area contributed by atoms with Gasteiger partial charge in [0.1, 0.15) is 5.25 Å². The monoisotopic (exact) mass is 258 g/mol. The fourth-order valence-electron chi connectivity index (χ4n) is 1.63.